The zero-order chi connectivity index (χ0) is 18.4. The molecule has 0 aliphatic carbocycles. The van der Waals surface area contributed by atoms with Gasteiger partial charge in [0.25, 0.3) is 0 Å². The lowest BCUT2D eigenvalue weighted by Gasteiger charge is -2.19. The Bertz CT molecular complexity index is 741. The first kappa shape index (κ1) is 18.6. The maximum atomic E-state index is 12.8. The van der Waals surface area contributed by atoms with Gasteiger partial charge in [-0.1, -0.05) is 12.1 Å². The molecule has 0 amide bonds. The van der Waals surface area contributed by atoms with Crippen molar-refractivity contribution >= 4 is 5.78 Å². The van der Waals surface area contributed by atoms with E-state index in [1.807, 2.05) is 6.92 Å². The van der Waals surface area contributed by atoms with E-state index in [1.165, 1.54) is 21.3 Å². The Balaban J connectivity index is 2.32. The number of methoxy groups -OCH3 is 3. The van der Waals surface area contributed by atoms with Crippen molar-refractivity contribution in [3.63, 3.8) is 0 Å². The van der Waals surface area contributed by atoms with Gasteiger partial charge in [0.2, 0.25) is 5.78 Å². The first-order valence-electron chi connectivity index (χ1n) is 7.73. The highest BCUT2D eigenvalue weighted by molar-refractivity contribution is 6.00. The van der Waals surface area contributed by atoms with Crippen LogP contribution in [0.25, 0.3) is 0 Å². The lowest BCUT2D eigenvalue weighted by molar-refractivity contribution is 0.0651. The third-order valence-electron chi connectivity index (χ3n) is 3.75. The summed E-state index contributed by atoms with van der Waals surface area (Å²) < 4.78 is 21.4. The Morgan fingerprint density at radius 1 is 1.00 bits per heavy atom. The summed E-state index contributed by atoms with van der Waals surface area (Å²) >= 11 is 0. The van der Waals surface area contributed by atoms with E-state index >= 15 is 0 Å². The van der Waals surface area contributed by atoms with Crippen molar-refractivity contribution in [2.24, 2.45) is 0 Å². The average Bonchev–Trinajstić information content (AvgIpc) is 2.64. The molecule has 2 aromatic rings. The zero-order valence-electron chi connectivity index (χ0n) is 14.7. The van der Waals surface area contributed by atoms with E-state index in [9.17, 15) is 9.90 Å². The Labute approximate surface area is 146 Å². The number of hydrogen-bond acceptors (Lipinski definition) is 6. The van der Waals surface area contributed by atoms with E-state index < -0.39 is 12.7 Å². The molecule has 6 nitrogen and oxygen atoms in total. The first-order chi connectivity index (χ1) is 12.0. The average molecular weight is 346 g/mol. The summed E-state index contributed by atoms with van der Waals surface area (Å²) in [6.07, 6.45) is -1.06. The normalized spacial score (nSPS) is 11.6. The number of benzene rings is 2. The summed E-state index contributed by atoms with van der Waals surface area (Å²) in [6, 6.07) is 10.2. The van der Waals surface area contributed by atoms with Crippen molar-refractivity contribution in [3.05, 3.63) is 47.5 Å². The van der Waals surface area contributed by atoms with Crippen molar-refractivity contribution < 1.29 is 28.8 Å². The summed E-state index contributed by atoms with van der Waals surface area (Å²) in [5, 5.41) is 9.64. The van der Waals surface area contributed by atoms with E-state index in [1.54, 1.807) is 36.4 Å². The molecule has 1 atom stereocenters. The monoisotopic (exact) mass is 346 g/mol. The molecule has 0 spiro atoms. The molecule has 0 radical (unpaired) electrons. The maximum Gasteiger partial charge on any atom is 0.205 e. The van der Waals surface area contributed by atoms with Crippen LogP contribution in [0.4, 0.5) is 0 Å². The molecule has 1 unspecified atom stereocenters. The van der Waals surface area contributed by atoms with Gasteiger partial charge in [0.15, 0.2) is 29.1 Å². The number of hydrogen-bond donors (Lipinski definition) is 1. The van der Waals surface area contributed by atoms with E-state index in [-0.39, 0.29) is 5.78 Å². The van der Waals surface area contributed by atoms with Gasteiger partial charge in [-0.25, -0.2) is 0 Å². The number of para-hydroxylation sites is 2. The molecule has 2 aromatic carbocycles. The second kappa shape index (κ2) is 8.39. The number of aliphatic hydroxyl groups excluding tert-OH is 1. The number of aryl methyl sites for hydroxylation is 1. The SMILES string of the molecule is COc1ccccc1OC(CO)C(=O)c1cc(C)c(OC)c(OC)c1. The molecule has 0 saturated carbocycles. The van der Waals surface area contributed by atoms with Gasteiger partial charge >= 0.3 is 0 Å². The molecule has 0 aliphatic rings. The Kier molecular flexibility index (Phi) is 6.25. The number of rotatable bonds is 8. The van der Waals surface area contributed by atoms with Crippen LogP contribution in [0.3, 0.4) is 0 Å². The van der Waals surface area contributed by atoms with Crippen LogP contribution in [0.2, 0.25) is 0 Å². The smallest absolute Gasteiger partial charge is 0.205 e. The zero-order valence-corrected chi connectivity index (χ0v) is 14.7. The summed E-state index contributed by atoms with van der Waals surface area (Å²) in [7, 11) is 4.55. The third-order valence-corrected chi connectivity index (χ3v) is 3.75. The topological polar surface area (TPSA) is 74.2 Å². The van der Waals surface area contributed by atoms with Crippen LogP contribution in [-0.2, 0) is 0 Å². The van der Waals surface area contributed by atoms with Crippen molar-refractivity contribution in [2.75, 3.05) is 27.9 Å². The Morgan fingerprint density at radius 3 is 2.20 bits per heavy atom. The molecule has 2 rings (SSSR count). The van der Waals surface area contributed by atoms with Crippen molar-refractivity contribution in [2.45, 2.75) is 13.0 Å². The Morgan fingerprint density at radius 2 is 1.64 bits per heavy atom. The fourth-order valence-corrected chi connectivity index (χ4v) is 2.53. The van der Waals surface area contributed by atoms with E-state index in [0.717, 1.165) is 5.56 Å². The third kappa shape index (κ3) is 4.03. The van der Waals surface area contributed by atoms with Crippen LogP contribution >= 0.6 is 0 Å². The predicted molar refractivity (Wildman–Crippen MR) is 93.1 cm³/mol. The molecular weight excluding hydrogens is 324 g/mol. The molecular formula is C19H22O6. The van der Waals surface area contributed by atoms with Crippen LogP contribution in [0.5, 0.6) is 23.0 Å². The fourth-order valence-electron chi connectivity index (χ4n) is 2.53. The molecule has 0 aromatic heterocycles. The van der Waals surface area contributed by atoms with Gasteiger partial charge in [-0.3, -0.25) is 4.79 Å². The van der Waals surface area contributed by atoms with Gasteiger partial charge in [0.1, 0.15) is 0 Å². The van der Waals surface area contributed by atoms with Gasteiger partial charge in [-0.2, -0.15) is 0 Å². The second-order valence-electron chi connectivity index (χ2n) is 5.33. The Hall–Kier alpha value is -2.73. The van der Waals surface area contributed by atoms with Gasteiger partial charge in [-0.15, -0.1) is 0 Å². The van der Waals surface area contributed by atoms with Gasteiger partial charge in [0.05, 0.1) is 27.9 Å². The van der Waals surface area contributed by atoms with Crippen LogP contribution in [0.1, 0.15) is 15.9 Å². The van der Waals surface area contributed by atoms with Crippen molar-refractivity contribution in [3.8, 4) is 23.0 Å². The molecule has 0 bridgehead atoms. The van der Waals surface area contributed by atoms with E-state index in [2.05, 4.69) is 0 Å². The molecule has 25 heavy (non-hydrogen) atoms. The minimum atomic E-state index is -1.06. The molecule has 134 valence electrons. The summed E-state index contributed by atoms with van der Waals surface area (Å²) in [5.41, 5.74) is 1.11. The fraction of sp³-hybridized carbons (Fsp3) is 0.316. The molecule has 0 saturated heterocycles. The lowest BCUT2D eigenvalue weighted by Crippen LogP contribution is -2.31. The molecule has 0 fully saturated rings. The van der Waals surface area contributed by atoms with Crippen LogP contribution < -0.4 is 18.9 Å². The lowest BCUT2D eigenvalue weighted by atomic mass is 10.0. The first-order valence-corrected chi connectivity index (χ1v) is 7.73. The number of Topliss-reactive ketones (excluding diaryl/α,β-unsaturated/α-hetero) is 1. The minimum Gasteiger partial charge on any atom is -0.493 e. The van der Waals surface area contributed by atoms with Gasteiger partial charge in [-0.05, 0) is 36.8 Å². The minimum absolute atomic E-state index is 0.363. The largest absolute Gasteiger partial charge is 0.493 e. The predicted octanol–water partition coefficient (Wildman–Crippen LogP) is 2.64. The number of carbonyl (C=O) groups excluding carboxylic acids is 1. The highest BCUT2D eigenvalue weighted by atomic mass is 16.5. The van der Waals surface area contributed by atoms with Crippen LogP contribution in [0.15, 0.2) is 36.4 Å². The number of ether oxygens (including phenoxy) is 4. The number of carbonyl (C=O) groups is 1. The number of aliphatic hydroxyl groups is 1. The molecule has 6 heteroatoms. The molecule has 0 heterocycles. The standard InChI is InChI=1S/C19H22O6/c1-12-9-13(10-16(23-3)19(12)24-4)18(21)17(11-20)25-15-8-6-5-7-14(15)22-2/h5-10,17,20H,11H2,1-4H3. The van der Waals surface area contributed by atoms with E-state index in [4.69, 9.17) is 18.9 Å². The highest BCUT2D eigenvalue weighted by Crippen LogP contribution is 2.33. The molecule has 0 aliphatic heterocycles. The number of ketones is 1. The second-order valence-corrected chi connectivity index (χ2v) is 5.33. The van der Waals surface area contributed by atoms with E-state index in [0.29, 0.717) is 28.6 Å². The quantitative estimate of drug-likeness (QED) is 0.741. The maximum absolute atomic E-state index is 12.8. The van der Waals surface area contributed by atoms with Crippen molar-refractivity contribution in [1.82, 2.24) is 0 Å². The van der Waals surface area contributed by atoms with Gasteiger partial charge in [0, 0.05) is 5.56 Å². The van der Waals surface area contributed by atoms with Crippen molar-refractivity contribution in [1.29, 1.82) is 0 Å². The van der Waals surface area contributed by atoms with Crippen LogP contribution in [0, 0.1) is 6.92 Å². The summed E-state index contributed by atoms with van der Waals surface area (Å²) in [5.74, 6) is 1.51. The summed E-state index contributed by atoms with van der Waals surface area (Å²) in [6.45, 7) is 1.34. The van der Waals surface area contributed by atoms with Gasteiger partial charge < -0.3 is 24.1 Å². The van der Waals surface area contributed by atoms with Crippen LogP contribution in [-0.4, -0.2) is 44.9 Å². The summed E-state index contributed by atoms with van der Waals surface area (Å²) in [4.78, 5) is 12.8. The molecule has 1 N–H and O–H groups in total. The highest BCUT2D eigenvalue weighted by Gasteiger charge is 2.24.